The highest BCUT2D eigenvalue weighted by Crippen LogP contribution is 2.48. The van der Waals surface area contributed by atoms with Gasteiger partial charge in [0.05, 0.1) is 12.3 Å². The van der Waals surface area contributed by atoms with E-state index < -0.39 is 50.3 Å². The van der Waals surface area contributed by atoms with Gasteiger partial charge < -0.3 is 29.9 Å². The van der Waals surface area contributed by atoms with E-state index in [0.29, 0.717) is 11.2 Å². The summed E-state index contributed by atoms with van der Waals surface area (Å²) in [6.07, 6.45) is -1.75. The molecule has 14 nitrogen and oxygen atoms in total. The van der Waals surface area contributed by atoms with Gasteiger partial charge in [-0.25, -0.2) is 14.1 Å². The molecule has 1 fully saturated rings. The van der Waals surface area contributed by atoms with Crippen LogP contribution in [0.15, 0.2) is 48.8 Å². The Balaban J connectivity index is 1.55. The monoisotopic (exact) mass is 602 g/mol. The standard InChI is InChI=1S/C27H35N6O8P/c1-4-18(5-2)13-38-26(36)17(3)32-42(37,41-19-9-7-6-8-10-19)39-15-27(14-28)24(35)22(34)23(40-27)20-11-12-21-25(29)30-16-31-33(20)21/h6-12,16-18,22-24,34-35H,4-5,13,15H2,1-3H3,(H,32,37)(H2,29,30,31)/t17-,22+,23+,24+,27-,42?/m1/s1. The quantitative estimate of drug-likeness (QED) is 0.164. The van der Waals surface area contributed by atoms with E-state index in [1.54, 1.807) is 30.3 Å². The molecule has 0 radical (unpaired) electrons. The molecular weight excluding hydrogens is 567 g/mol. The lowest BCUT2D eigenvalue weighted by atomic mass is 9.96. The summed E-state index contributed by atoms with van der Waals surface area (Å²) >= 11 is 0. The summed E-state index contributed by atoms with van der Waals surface area (Å²) in [6, 6.07) is 12.0. The van der Waals surface area contributed by atoms with Crippen molar-refractivity contribution in [2.75, 3.05) is 18.9 Å². The Morgan fingerprint density at radius 1 is 1.26 bits per heavy atom. The number of hydrogen-bond acceptors (Lipinski definition) is 12. The number of hydrogen-bond donors (Lipinski definition) is 4. The highest BCUT2D eigenvalue weighted by molar-refractivity contribution is 7.52. The topological polar surface area (TPSA) is 204 Å². The molecule has 3 heterocycles. The van der Waals surface area contributed by atoms with Crippen molar-refractivity contribution in [1.82, 2.24) is 19.7 Å². The average molecular weight is 603 g/mol. The minimum Gasteiger partial charge on any atom is -0.464 e. The van der Waals surface area contributed by atoms with Gasteiger partial charge in [-0.15, -0.1) is 0 Å². The van der Waals surface area contributed by atoms with Gasteiger partial charge in [0.2, 0.25) is 5.60 Å². The zero-order valence-corrected chi connectivity index (χ0v) is 24.4. The van der Waals surface area contributed by atoms with Crippen LogP contribution in [0.25, 0.3) is 5.52 Å². The van der Waals surface area contributed by atoms with Crippen molar-refractivity contribution in [2.45, 2.75) is 63.6 Å². The molecule has 1 aromatic carbocycles. The summed E-state index contributed by atoms with van der Waals surface area (Å²) in [5, 5.41) is 38.6. The number of aliphatic hydroxyl groups excluding tert-OH is 2. The second-order valence-electron chi connectivity index (χ2n) is 10.0. The van der Waals surface area contributed by atoms with Crippen LogP contribution in [0.4, 0.5) is 5.82 Å². The molecule has 0 bridgehead atoms. The van der Waals surface area contributed by atoms with Gasteiger partial charge in [0.15, 0.2) is 5.82 Å². The molecule has 0 amide bonds. The molecule has 3 aromatic rings. The number of aliphatic hydroxyl groups is 2. The van der Waals surface area contributed by atoms with Crippen LogP contribution in [0.5, 0.6) is 5.75 Å². The van der Waals surface area contributed by atoms with Crippen molar-refractivity contribution >= 4 is 25.1 Å². The predicted octanol–water partition coefficient (Wildman–Crippen LogP) is 2.53. The van der Waals surface area contributed by atoms with Gasteiger partial charge >= 0.3 is 13.7 Å². The minimum absolute atomic E-state index is 0.152. The maximum atomic E-state index is 14.0. The van der Waals surface area contributed by atoms with Crippen LogP contribution >= 0.6 is 7.75 Å². The SMILES string of the molecule is CCC(CC)COC(=O)[C@@H](C)NP(=O)(OC[C@@]1(C#N)O[C@@H](c2ccc3c(N)ncnn23)[C@H](O)[C@@H]1O)Oc1ccccc1. The third kappa shape index (κ3) is 6.57. The van der Waals surface area contributed by atoms with Gasteiger partial charge in [-0.2, -0.15) is 15.4 Å². The van der Waals surface area contributed by atoms with E-state index in [0.717, 1.165) is 12.8 Å². The molecule has 0 spiro atoms. The summed E-state index contributed by atoms with van der Waals surface area (Å²) in [7, 11) is -4.41. The molecule has 0 saturated carbocycles. The number of fused-ring (bicyclic) bond motifs is 1. The first-order chi connectivity index (χ1) is 20.1. The van der Waals surface area contributed by atoms with Gasteiger partial charge in [-0.05, 0) is 37.1 Å². The fourth-order valence-corrected chi connectivity index (χ4v) is 6.03. The molecule has 0 aliphatic carbocycles. The number of nitrogens with two attached hydrogens (primary N) is 1. The number of aromatic nitrogens is 3. The maximum absolute atomic E-state index is 14.0. The normalized spacial score (nSPS) is 24.3. The number of nitriles is 1. The smallest absolute Gasteiger partial charge is 0.459 e. The van der Waals surface area contributed by atoms with Crippen LogP contribution in [0.3, 0.4) is 0 Å². The number of benzene rings is 1. The van der Waals surface area contributed by atoms with Crippen LogP contribution in [-0.2, 0) is 23.4 Å². The van der Waals surface area contributed by atoms with Crippen LogP contribution in [0, 0.1) is 17.2 Å². The number of esters is 1. The van der Waals surface area contributed by atoms with E-state index >= 15 is 0 Å². The van der Waals surface area contributed by atoms with Crippen molar-refractivity contribution in [3.8, 4) is 11.8 Å². The van der Waals surface area contributed by atoms with Crippen molar-refractivity contribution in [3.63, 3.8) is 0 Å². The van der Waals surface area contributed by atoms with E-state index in [4.69, 9.17) is 24.3 Å². The molecule has 6 atom stereocenters. The molecule has 1 aliphatic rings. The number of rotatable bonds is 13. The molecule has 1 unspecified atom stereocenters. The molecule has 15 heteroatoms. The molecule has 5 N–H and O–H groups in total. The molecule has 1 saturated heterocycles. The number of anilines is 1. The third-order valence-corrected chi connectivity index (χ3v) is 8.80. The second-order valence-corrected chi connectivity index (χ2v) is 11.7. The van der Waals surface area contributed by atoms with E-state index in [2.05, 4.69) is 15.2 Å². The molecule has 226 valence electrons. The lowest BCUT2D eigenvalue weighted by Crippen LogP contribution is -2.46. The first-order valence-corrected chi connectivity index (χ1v) is 15.1. The van der Waals surface area contributed by atoms with Crippen molar-refractivity contribution in [3.05, 3.63) is 54.5 Å². The first-order valence-electron chi connectivity index (χ1n) is 13.5. The zero-order chi connectivity index (χ0) is 30.5. The number of nitrogens with zero attached hydrogens (tertiary/aromatic N) is 4. The van der Waals surface area contributed by atoms with Crippen molar-refractivity contribution in [1.29, 1.82) is 5.26 Å². The highest BCUT2D eigenvalue weighted by atomic mass is 31.2. The van der Waals surface area contributed by atoms with Gasteiger partial charge in [-0.3, -0.25) is 9.32 Å². The molecule has 42 heavy (non-hydrogen) atoms. The number of carbonyl (C=O) groups is 1. The Hall–Kier alpha value is -3.57. The Morgan fingerprint density at radius 3 is 2.64 bits per heavy atom. The zero-order valence-electron chi connectivity index (χ0n) is 23.5. The van der Waals surface area contributed by atoms with Gasteiger partial charge in [0, 0.05) is 0 Å². The van der Waals surface area contributed by atoms with Gasteiger partial charge in [0.1, 0.15) is 54.6 Å². The Kier molecular flexibility index (Phi) is 9.83. The van der Waals surface area contributed by atoms with Crippen LogP contribution in [0.1, 0.15) is 45.4 Å². The average Bonchev–Trinajstić information content (AvgIpc) is 3.52. The Bertz CT molecular complexity index is 1460. The summed E-state index contributed by atoms with van der Waals surface area (Å²) in [5.41, 5.74) is 4.44. The van der Waals surface area contributed by atoms with Crippen molar-refractivity contribution < 1.29 is 38.1 Å². The summed E-state index contributed by atoms with van der Waals surface area (Å²) in [4.78, 5) is 16.6. The number of para-hydroxylation sites is 1. The minimum atomic E-state index is -4.41. The number of ether oxygens (including phenoxy) is 2. The molecular formula is C27H35N6O8P. The van der Waals surface area contributed by atoms with Crippen LogP contribution < -0.4 is 15.3 Å². The summed E-state index contributed by atoms with van der Waals surface area (Å²) in [6.45, 7) is 4.82. The second kappa shape index (κ2) is 13.2. The largest absolute Gasteiger partial charge is 0.464 e. The summed E-state index contributed by atoms with van der Waals surface area (Å²) < 4.78 is 37.9. The fourth-order valence-electron chi connectivity index (χ4n) is 4.51. The van der Waals surface area contributed by atoms with E-state index in [1.165, 1.54) is 29.9 Å². The first kappa shape index (κ1) is 31.4. The number of nitrogens with one attached hydrogen (secondary N) is 1. The fraction of sp³-hybridized carbons (Fsp3) is 0.481. The molecule has 4 rings (SSSR count). The Morgan fingerprint density at radius 2 is 1.98 bits per heavy atom. The third-order valence-electron chi connectivity index (χ3n) is 7.18. The lowest BCUT2D eigenvalue weighted by Gasteiger charge is -2.28. The highest BCUT2D eigenvalue weighted by Gasteiger charge is 2.57. The van der Waals surface area contributed by atoms with E-state index in [-0.39, 0.29) is 24.1 Å². The lowest BCUT2D eigenvalue weighted by molar-refractivity contribution is -0.146. The van der Waals surface area contributed by atoms with E-state index in [9.17, 15) is 24.8 Å². The molecule has 1 aliphatic heterocycles. The maximum Gasteiger partial charge on any atom is 0.459 e. The van der Waals surface area contributed by atoms with E-state index in [1.807, 2.05) is 19.9 Å². The van der Waals surface area contributed by atoms with Crippen LogP contribution in [0.2, 0.25) is 0 Å². The van der Waals surface area contributed by atoms with Gasteiger partial charge in [0.25, 0.3) is 0 Å². The number of nitrogen functional groups attached to an aromatic ring is 1. The molecule has 2 aromatic heterocycles. The summed E-state index contributed by atoms with van der Waals surface area (Å²) in [5.74, 6) is -0.163. The van der Waals surface area contributed by atoms with Gasteiger partial charge in [-0.1, -0.05) is 44.9 Å². The van der Waals surface area contributed by atoms with Crippen molar-refractivity contribution in [2.24, 2.45) is 5.92 Å². The number of carbonyl (C=O) groups excluding carboxylic acids is 1. The Labute approximate surface area is 242 Å². The van der Waals surface area contributed by atoms with Crippen LogP contribution in [-0.4, -0.2) is 67.8 Å². The predicted molar refractivity (Wildman–Crippen MR) is 150 cm³/mol.